The van der Waals surface area contributed by atoms with E-state index in [-0.39, 0.29) is 11.3 Å². The third-order valence-electron chi connectivity index (χ3n) is 4.26. The molecule has 0 aliphatic heterocycles. The second-order valence-electron chi connectivity index (χ2n) is 6.26. The van der Waals surface area contributed by atoms with Crippen LogP contribution in [0.25, 0.3) is 12.2 Å². The van der Waals surface area contributed by atoms with Crippen LogP contribution in [0.15, 0.2) is 41.2 Å². The number of hydrogen-bond acceptors (Lipinski definition) is 6. The number of ether oxygens (including phenoxy) is 3. The van der Waals surface area contributed by atoms with Gasteiger partial charge >= 0.3 is 0 Å². The fourth-order valence-electron chi connectivity index (χ4n) is 2.78. The molecule has 1 aromatic heterocycles. The van der Waals surface area contributed by atoms with Crippen molar-refractivity contribution in [3.63, 3.8) is 0 Å². The van der Waals surface area contributed by atoms with Gasteiger partial charge in [-0.05, 0) is 30.7 Å². The average molecular weight is 411 g/mol. The van der Waals surface area contributed by atoms with E-state index in [9.17, 15) is 9.59 Å². The Bertz CT molecular complexity index is 1180. The van der Waals surface area contributed by atoms with Gasteiger partial charge in [0.15, 0.2) is 17.3 Å². The molecule has 0 saturated carbocycles. The second-order valence-corrected chi connectivity index (χ2v) is 7.35. The van der Waals surface area contributed by atoms with Gasteiger partial charge in [0.25, 0.3) is 5.56 Å². The zero-order valence-electron chi connectivity index (χ0n) is 16.6. The molecule has 0 bridgehead atoms. The molecule has 1 N–H and O–H groups in total. The topological polar surface area (TPSA) is 77.6 Å². The van der Waals surface area contributed by atoms with Crippen molar-refractivity contribution in [2.75, 3.05) is 21.3 Å². The lowest BCUT2D eigenvalue weighted by Crippen LogP contribution is -2.20. The average Bonchev–Trinajstić information content (AvgIpc) is 3.06. The van der Waals surface area contributed by atoms with Crippen LogP contribution in [-0.2, 0) is 0 Å². The van der Waals surface area contributed by atoms with Crippen LogP contribution >= 0.6 is 11.3 Å². The number of nitrogens with one attached hydrogen (secondary N) is 1. The lowest BCUT2D eigenvalue weighted by atomic mass is 10.1. The van der Waals surface area contributed by atoms with Gasteiger partial charge in [-0.15, -0.1) is 11.3 Å². The molecule has 0 fully saturated rings. The number of aromatic nitrogens is 1. The number of benzene rings is 2. The Morgan fingerprint density at radius 2 is 1.62 bits per heavy atom. The van der Waals surface area contributed by atoms with Gasteiger partial charge in [-0.2, -0.15) is 0 Å². The molecule has 3 aromatic rings. The van der Waals surface area contributed by atoms with Crippen LogP contribution in [0, 0.1) is 6.92 Å². The molecule has 2 aromatic carbocycles. The molecule has 0 radical (unpaired) electrons. The lowest BCUT2D eigenvalue weighted by Gasteiger charge is -2.12. The summed E-state index contributed by atoms with van der Waals surface area (Å²) in [6.07, 6.45) is 3.14. The van der Waals surface area contributed by atoms with Crippen molar-refractivity contribution in [1.82, 2.24) is 4.98 Å². The highest BCUT2D eigenvalue weighted by atomic mass is 32.1. The summed E-state index contributed by atoms with van der Waals surface area (Å²) < 4.78 is 16.9. The van der Waals surface area contributed by atoms with Gasteiger partial charge < -0.3 is 19.2 Å². The minimum absolute atomic E-state index is 0.165. The standard InChI is InChI=1S/C22H21NO5S/c1-13-5-7-15(8-6-13)16(24)12-20-23-22(25)19(29-20)11-14-9-17(26-2)21(28-4)18(10-14)27-3/h5-12H,1-4H3,(H,23,25)/b19-11-,20-12+. The summed E-state index contributed by atoms with van der Waals surface area (Å²) in [7, 11) is 4.59. The number of hydrogen-bond donors (Lipinski definition) is 1. The number of H-pyrrole nitrogens is 1. The number of carbonyl (C=O) groups is 1. The van der Waals surface area contributed by atoms with Crippen molar-refractivity contribution in [3.8, 4) is 17.2 Å². The number of ketones is 1. The maximum atomic E-state index is 12.4. The zero-order valence-corrected chi connectivity index (χ0v) is 17.4. The van der Waals surface area contributed by atoms with Gasteiger partial charge in [0, 0.05) is 11.6 Å². The summed E-state index contributed by atoms with van der Waals surface area (Å²) >= 11 is 1.20. The SMILES string of the molecule is COc1cc(/C=c2\s/c(=C/C(=O)c3ccc(C)cc3)[nH]c2=O)cc(OC)c1OC. The van der Waals surface area contributed by atoms with Crippen molar-refractivity contribution in [3.05, 3.63) is 72.6 Å². The van der Waals surface area contributed by atoms with Crippen molar-refractivity contribution in [1.29, 1.82) is 0 Å². The number of aryl methyl sites for hydroxylation is 1. The van der Waals surface area contributed by atoms with Crippen LogP contribution in [0.3, 0.4) is 0 Å². The van der Waals surface area contributed by atoms with E-state index < -0.39 is 0 Å². The predicted octanol–water partition coefficient (Wildman–Crippen LogP) is 2.26. The van der Waals surface area contributed by atoms with Crippen LogP contribution < -0.4 is 29.0 Å². The third kappa shape index (κ3) is 4.57. The van der Waals surface area contributed by atoms with Crippen molar-refractivity contribution in [2.45, 2.75) is 6.92 Å². The molecule has 1 heterocycles. The first-order chi connectivity index (χ1) is 13.9. The highest BCUT2D eigenvalue weighted by Gasteiger charge is 2.12. The maximum Gasteiger partial charge on any atom is 0.266 e. The fraction of sp³-hybridized carbons (Fsp3) is 0.182. The number of methoxy groups -OCH3 is 3. The van der Waals surface area contributed by atoms with E-state index in [4.69, 9.17) is 14.2 Å². The van der Waals surface area contributed by atoms with E-state index in [2.05, 4.69) is 4.98 Å². The quantitative estimate of drug-likeness (QED) is 0.630. The van der Waals surface area contributed by atoms with Gasteiger partial charge in [-0.3, -0.25) is 9.59 Å². The smallest absolute Gasteiger partial charge is 0.266 e. The van der Waals surface area contributed by atoms with Crippen molar-refractivity contribution < 1.29 is 19.0 Å². The third-order valence-corrected chi connectivity index (χ3v) is 5.23. The van der Waals surface area contributed by atoms with E-state index in [0.29, 0.717) is 37.6 Å². The van der Waals surface area contributed by atoms with Gasteiger partial charge in [0.1, 0.15) is 0 Å². The molecule has 0 unspecified atom stereocenters. The molecule has 0 aliphatic rings. The number of thiazole rings is 1. The van der Waals surface area contributed by atoms with Gasteiger partial charge in [0.05, 0.1) is 30.5 Å². The van der Waals surface area contributed by atoms with Crippen LogP contribution in [0.2, 0.25) is 0 Å². The minimum atomic E-state index is -0.272. The molecular formula is C22H21NO5S. The lowest BCUT2D eigenvalue weighted by molar-refractivity contribution is 0.106. The molecule has 150 valence electrons. The van der Waals surface area contributed by atoms with Gasteiger partial charge in [0.2, 0.25) is 5.75 Å². The number of aromatic amines is 1. The first-order valence-electron chi connectivity index (χ1n) is 8.78. The molecule has 0 spiro atoms. The number of carbonyl (C=O) groups excluding carboxylic acids is 1. The molecule has 6 nitrogen and oxygen atoms in total. The number of Topliss-reactive ketones (excluding diaryl/α,β-unsaturated/α-hetero) is 1. The maximum absolute atomic E-state index is 12.4. The van der Waals surface area contributed by atoms with E-state index in [1.165, 1.54) is 38.7 Å². The molecule has 0 aliphatic carbocycles. The van der Waals surface area contributed by atoms with E-state index in [1.54, 1.807) is 30.3 Å². The Morgan fingerprint density at radius 1 is 1.00 bits per heavy atom. The summed E-state index contributed by atoms with van der Waals surface area (Å²) in [5.41, 5.74) is 2.09. The second kappa shape index (κ2) is 8.79. The Morgan fingerprint density at radius 3 is 2.17 bits per heavy atom. The predicted molar refractivity (Wildman–Crippen MR) is 114 cm³/mol. The van der Waals surface area contributed by atoms with Crippen LogP contribution in [0.5, 0.6) is 17.2 Å². The molecular weight excluding hydrogens is 390 g/mol. The van der Waals surface area contributed by atoms with Crippen molar-refractivity contribution in [2.24, 2.45) is 0 Å². The summed E-state index contributed by atoms with van der Waals surface area (Å²) in [6.45, 7) is 1.96. The molecule has 29 heavy (non-hydrogen) atoms. The van der Waals surface area contributed by atoms with Crippen LogP contribution in [-0.4, -0.2) is 32.1 Å². The Balaban J connectivity index is 2.02. The highest BCUT2D eigenvalue weighted by molar-refractivity contribution is 7.07. The van der Waals surface area contributed by atoms with E-state index in [1.807, 2.05) is 19.1 Å². The van der Waals surface area contributed by atoms with Crippen LogP contribution in [0.1, 0.15) is 21.5 Å². The Labute approximate surface area is 171 Å². The zero-order chi connectivity index (χ0) is 21.0. The number of rotatable bonds is 6. The molecule has 0 amide bonds. The molecule has 0 atom stereocenters. The molecule has 7 heteroatoms. The van der Waals surface area contributed by atoms with Gasteiger partial charge in [-0.1, -0.05) is 29.8 Å². The Kier molecular flexibility index (Phi) is 6.19. The van der Waals surface area contributed by atoms with Crippen molar-refractivity contribution >= 4 is 29.3 Å². The first kappa shape index (κ1) is 20.4. The minimum Gasteiger partial charge on any atom is -0.493 e. The summed E-state index contributed by atoms with van der Waals surface area (Å²) in [5.74, 6) is 1.30. The highest BCUT2D eigenvalue weighted by Crippen LogP contribution is 2.38. The normalized spacial score (nSPS) is 12.1. The van der Waals surface area contributed by atoms with E-state index >= 15 is 0 Å². The first-order valence-corrected chi connectivity index (χ1v) is 9.60. The van der Waals surface area contributed by atoms with Crippen LogP contribution in [0.4, 0.5) is 0 Å². The summed E-state index contributed by atoms with van der Waals surface area (Å²) in [6, 6.07) is 10.8. The molecule has 3 rings (SSSR count). The molecule has 0 saturated heterocycles. The monoisotopic (exact) mass is 411 g/mol. The Hall–Kier alpha value is -3.32. The van der Waals surface area contributed by atoms with Gasteiger partial charge in [-0.25, -0.2) is 0 Å². The largest absolute Gasteiger partial charge is 0.493 e. The fourth-order valence-corrected chi connectivity index (χ4v) is 3.67. The summed E-state index contributed by atoms with van der Waals surface area (Å²) in [4.78, 5) is 27.5. The van der Waals surface area contributed by atoms with E-state index in [0.717, 1.165) is 5.56 Å². The summed E-state index contributed by atoms with van der Waals surface area (Å²) in [5, 5.41) is 0.